The van der Waals surface area contributed by atoms with E-state index in [1.807, 2.05) is 4.98 Å². The number of para-hydroxylation sites is 1. The van der Waals surface area contributed by atoms with Crippen molar-refractivity contribution < 1.29 is 14.6 Å². The predicted molar refractivity (Wildman–Crippen MR) is 70.4 cm³/mol. The summed E-state index contributed by atoms with van der Waals surface area (Å²) in [5, 5.41) is 8.89. The summed E-state index contributed by atoms with van der Waals surface area (Å²) in [7, 11) is 1.50. The molecule has 0 aliphatic rings. The molecule has 0 unspecified atom stereocenters. The number of ether oxygens (including phenoxy) is 1. The molecule has 2 aromatic rings. The zero-order valence-electron chi connectivity index (χ0n) is 10.6. The van der Waals surface area contributed by atoms with Crippen LogP contribution in [0.3, 0.4) is 0 Å². The van der Waals surface area contributed by atoms with E-state index in [4.69, 9.17) is 9.84 Å². The van der Waals surface area contributed by atoms with Crippen LogP contribution in [0.15, 0.2) is 40.1 Å². The van der Waals surface area contributed by atoms with Crippen LogP contribution in [0.5, 0.6) is 5.75 Å². The Hall–Kier alpha value is -2.83. The van der Waals surface area contributed by atoms with E-state index in [1.165, 1.54) is 7.11 Å². The SMILES string of the molecule is COc1ccccc1Cn1cc(C(=O)O)c(=O)[nH]c1=O. The van der Waals surface area contributed by atoms with Gasteiger partial charge in [0.2, 0.25) is 0 Å². The van der Waals surface area contributed by atoms with Crippen LogP contribution in [0, 0.1) is 0 Å². The number of carbonyl (C=O) groups is 1. The topological polar surface area (TPSA) is 101 Å². The van der Waals surface area contributed by atoms with E-state index in [2.05, 4.69) is 0 Å². The van der Waals surface area contributed by atoms with E-state index in [1.54, 1.807) is 24.3 Å². The fourth-order valence-electron chi connectivity index (χ4n) is 1.80. The zero-order valence-corrected chi connectivity index (χ0v) is 10.6. The van der Waals surface area contributed by atoms with E-state index in [9.17, 15) is 14.4 Å². The number of nitrogens with one attached hydrogen (secondary N) is 1. The molecule has 0 saturated carbocycles. The number of carboxylic acid groups (broad SMARTS) is 1. The molecule has 0 spiro atoms. The molecule has 0 atom stereocenters. The first-order valence-electron chi connectivity index (χ1n) is 5.72. The lowest BCUT2D eigenvalue weighted by Gasteiger charge is -2.10. The van der Waals surface area contributed by atoms with Crippen LogP contribution in [0.4, 0.5) is 0 Å². The Morgan fingerprint density at radius 1 is 1.35 bits per heavy atom. The Morgan fingerprint density at radius 2 is 2.05 bits per heavy atom. The van der Waals surface area contributed by atoms with Gasteiger partial charge in [0.15, 0.2) is 0 Å². The Kier molecular flexibility index (Phi) is 3.69. The van der Waals surface area contributed by atoms with Crippen LogP contribution in [-0.4, -0.2) is 27.7 Å². The van der Waals surface area contributed by atoms with Gasteiger partial charge in [0.25, 0.3) is 5.56 Å². The number of aromatic carboxylic acids is 1. The van der Waals surface area contributed by atoms with Gasteiger partial charge in [-0.2, -0.15) is 0 Å². The monoisotopic (exact) mass is 276 g/mol. The van der Waals surface area contributed by atoms with Gasteiger partial charge in [-0.1, -0.05) is 18.2 Å². The minimum absolute atomic E-state index is 0.0971. The van der Waals surface area contributed by atoms with Crippen molar-refractivity contribution in [2.24, 2.45) is 0 Å². The summed E-state index contributed by atoms with van der Waals surface area (Å²) >= 11 is 0. The van der Waals surface area contributed by atoms with Crippen LogP contribution >= 0.6 is 0 Å². The second kappa shape index (κ2) is 5.43. The fourth-order valence-corrected chi connectivity index (χ4v) is 1.80. The summed E-state index contributed by atoms with van der Waals surface area (Å²) < 4.78 is 6.27. The number of rotatable bonds is 4. The average molecular weight is 276 g/mol. The molecule has 2 N–H and O–H groups in total. The summed E-state index contributed by atoms with van der Waals surface area (Å²) in [6.07, 6.45) is 1.02. The van der Waals surface area contributed by atoms with Gasteiger partial charge in [-0.3, -0.25) is 14.3 Å². The standard InChI is InChI=1S/C13H12N2O5/c1-20-10-5-3-2-4-8(10)6-15-7-9(12(17)18)11(16)14-13(15)19/h2-5,7H,6H2,1H3,(H,17,18)(H,14,16,19). The summed E-state index contributed by atoms with van der Waals surface area (Å²) in [5.74, 6) is -0.817. The quantitative estimate of drug-likeness (QED) is 0.835. The van der Waals surface area contributed by atoms with Crippen molar-refractivity contribution in [2.45, 2.75) is 6.54 Å². The average Bonchev–Trinajstić information content (AvgIpc) is 2.42. The van der Waals surface area contributed by atoms with E-state index >= 15 is 0 Å². The smallest absolute Gasteiger partial charge is 0.342 e. The molecule has 1 aromatic heterocycles. The van der Waals surface area contributed by atoms with Gasteiger partial charge in [0.1, 0.15) is 11.3 Å². The van der Waals surface area contributed by atoms with Crippen molar-refractivity contribution in [3.8, 4) is 5.75 Å². The third kappa shape index (κ3) is 2.61. The zero-order chi connectivity index (χ0) is 14.7. The number of H-pyrrole nitrogens is 1. The minimum atomic E-state index is -1.39. The van der Waals surface area contributed by atoms with Crippen molar-refractivity contribution in [3.05, 3.63) is 62.4 Å². The van der Waals surface area contributed by atoms with Crippen LogP contribution in [0.2, 0.25) is 0 Å². The Balaban J connectivity index is 2.49. The predicted octanol–water partition coefficient (Wildman–Crippen LogP) is 0.292. The molecule has 0 fully saturated rings. The molecule has 2 rings (SSSR count). The number of benzene rings is 1. The summed E-state index contributed by atoms with van der Waals surface area (Å²) in [6.45, 7) is 0.0971. The molecule has 0 aliphatic heterocycles. The third-order valence-corrected chi connectivity index (χ3v) is 2.77. The molecule has 0 bridgehead atoms. The van der Waals surface area contributed by atoms with E-state index in [0.29, 0.717) is 11.3 Å². The van der Waals surface area contributed by atoms with E-state index in [-0.39, 0.29) is 6.54 Å². The van der Waals surface area contributed by atoms with Gasteiger partial charge >= 0.3 is 11.7 Å². The molecule has 1 aromatic carbocycles. The molecule has 0 amide bonds. The van der Waals surface area contributed by atoms with Crippen LogP contribution in [0.25, 0.3) is 0 Å². The summed E-state index contributed by atoms with van der Waals surface area (Å²) in [5.41, 5.74) is -1.38. The van der Waals surface area contributed by atoms with Crippen LogP contribution < -0.4 is 16.0 Å². The Bertz CT molecular complexity index is 760. The van der Waals surface area contributed by atoms with E-state index in [0.717, 1.165) is 10.8 Å². The first-order chi connectivity index (χ1) is 9.52. The van der Waals surface area contributed by atoms with Crippen molar-refractivity contribution in [1.82, 2.24) is 9.55 Å². The third-order valence-electron chi connectivity index (χ3n) is 2.77. The lowest BCUT2D eigenvalue weighted by molar-refractivity contribution is 0.0693. The maximum Gasteiger partial charge on any atom is 0.342 e. The molecule has 7 nitrogen and oxygen atoms in total. The van der Waals surface area contributed by atoms with Crippen molar-refractivity contribution in [1.29, 1.82) is 0 Å². The number of hydrogen-bond acceptors (Lipinski definition) is 4. The highest BCUT2D eigenvalue weighted by molar-refractivity contribution is 5.86. The number of hydrogen-bond donors (Lipinski definition) is 2. The first kappa shape index (κ1) is 13.6. The second-order valence-corrected chi connectivity index (χ2v) is 4.05. The molecular formula is C13H12N2O5. The number of methoxy groups -OCH3 is 1. The van der Waals surface area contributed by atoms with Crippen molar-refractivity contribution in [3.63, 3.8) is 0 Å². The molecular weight excluding hydrogens is 264 g/mol. The van der Waals surface area contributed by atoms with Gasteiger partial charge in [0, 0.05) is 11.8 Å². The lowest BCUT2D eigenvalue weighted by atomic mass is 10.2. The second-order valence-electron chi connectivity index (χ2n) is 4.05. The number of carboxylic acids is 1. The Labute approximate surface area is 113 Å². The molecule has 0 radical (unpaired) electrons. The summed E-state index contributed by atoms with van der Waals surface area (Å²) in [6, 6.07) is 7.02. The van der Waals surface area contributed by atoms with Crippen molar-refractivity contribution in [2.75, 3.05) is 7.11 Å². The van der Waals surface area contributed by atoms with Crippen LogP contribution in [-0.2, 0) is 6.54 Å². The number of aromatic amines is 1. The highest BCUT2D eigenvalue weighted by Gasteiger charge is 2.12. The largest absolute Gasteiger partial charge is 0.496 e. The highest BCUT2D eigenvalue weighted by Crippen LogP contribution is 2.17. The maximum atomic E-state index is 11.7. The lowest BCUT2D eigenvalue weighted by Crippen LogP contribution is -2.33. The summed E-state index contributed by atoms with van der Waals surface area (Å²) in [4.78, 5) is 35.9. The number of aromatic nitrogens is 2. The van der Waals surface area contributed by atoms with Gasteiger partial charge < -0.3 is 9.84 Å². The minimum Gasteiger partial charge on any atom is -0.496 e. The molecule has 0 saturated heterocycles. The van der Waals surface area contributed by atoms with Gasteiger partial charge in [-0.15, -0.1) is 0 Å². The highest BCUT2D eigenvalue weighted by atomic mass is 16.5. The first-order valence-corrected chi connectivity index (χ1v) is 5.72. The van der Waals surface area contributed by atoms with Crippen molar-refractivity contribution >= 4 is 5.97 Å². The Morgan fingerprint density at radius 3 is 2.70 bits per heavy atom. The van der Waals surface area contributed by atoms with Crippen LogP contribution in [0.1, 0.15) is 15.9 Å². The molecule has 1 heterocycles. The normalized spacial score (nSPS) is 10.2. The van der Waals surface area contributed by atoms with Gasteiger partial charge in [0.05, 0.1) is 13.7 Å². The number of nitrogens with zero attached hydrogens (tertiary/aromatic N) is 1. The van der Waals surface area contributed by atoms with E-state index < -0.39 is 22.8 Å². The maximum absolute atomic E-state index is 11.7. The van der Waals surface area contributed by atoms with Gasteiger partial charge in [-0.05, 0) is 6.07 Å². The molecule has 7 heteroatoms. The molecule has 104 valence electrons. The molecule has 0 aliphatic carbocycles. The fraction of sp³-hybridized carbons (Fsp3) is 0.154. The van der Waals surface area contributed by atoms with Gasteiger partial charge in [-0.25, -0.2) is 9.59 Å². The molecule has 20 heavy (non-hydrogen) atoms.